The summed E-state index contributed by atoms with van der Waals surface area (Å²) in [7, 11) is 0. The number of hydrogen-bond acceptors (Lipinski definition) is 3. The van der Waals surface area contributed by atoms with Gasteiger partial charge in [-0.05, 0) is 0 Å². The minimum atomic E-state index is 0.105. The summed E-state index contributed by atoms with van der Waals surface area (Å²) in [4.78, 5) is 0. The Hall–Kier alpha value is 0.270. The first-order valence-corrected chi connectivity index (χ1v) is 2.78. The normalized spacial score (nSPS) is 33.0. The molecule has 0 spiro atoms. The number of thiol groups is 1. The van der Waals surface area contributed by atoms with E-state index >= 15 is 0 Å². The van der Waals surface area contributed by atoms with Gasteiger partial charge < -0.3 is 9.47 Å². The standard InChI is InChI=1S/C4H8O2S/c7-4-1-2-5-3-6-4/h4,7H,1-3H2. The van der Waals surface area contributed by atoms with Crippen LogP contribution in [-0.2, 0) is 9.47 Å². The Balaban J connectivity index is 2.12. The van der Waals surface area contributed by atoms with E-state index in [1.807, 2.05) is 0 Å². The van der Waals surface area contributed by atoms with E-state index < -0.39 is 0 Å². The van der Waals surface area contributed by atoms with E-state index in [0.29, 0.717) is 6.79 Å². The molecule has 0 aromatic carbocycles. The van der Waals surface area contributed by atoms with Crippen molar-refractivity contribution >= 4 is 12.6 Å². The van der Waals surface area contributed by atoms with Crippen LogP contribution >= 0.6 is 12.6 Å². The van der Waals surface area contributed by atoms with Crippen LogP contribution in [0.1, 0.15) is 6.42 Å². The zero-order chi connectivity index (χ0) is 5.11. The van der Waals surface area contributed by atoms with Gasteiger partial charge in [0.2, 0.25) is 0 Å². The van der Waals surface area contributed by atoms with Crippen LogP contribution in [0.5, 0.6) is 0 Å². The molecule has 1 unspecified atom stereocenters. The first-order chi connectivity index (χ1) is 3.39. The molecule has 0 N–H and O–H groups in total. The SMILES string of the molecule is SC1CCOCO1. The summed E-state index contributed by atoms with van der Waals surface area (Å²) in [5.74, 6) is 0. The van der Waals surface area contributed by atoms with Gasteiger partial charge in [-0.15, -0.1) is 12.6 Å². The van der Waals surface area contributed by atoms with Crippen molar-refractivity contribution in [3.05, 3.63) is 0 Å². The summed E-state index contributed by atoms with van der Waals surface area (Å²) in [6, 6.07) is 0. The quantitative estimate of drug-likeness (QED) is 0.473. The second-order valence-corrected chi connectivity index (χ2v) is 2.01. The summed E-state index contributed by atoms with van der Waals surface area (Å²) < 4.78 is 9.79. The molecule has 0 aromatic rings. The van der Waals surface area contributed by atoms with Crippen molar-refractivity contribution in [3.63, 3.8) is 0 Å². The second-order valence-electron chi connectivity index (χ2n) is 1.44. The molecular weight excluding hydrogens is 112 g/mol. The molecule has 0 saturated carbocycles. The van der Waals surface area contributed by atoms with Gasteiger partial charge in [-0.3, -0.25) is 0 Å². The summed E-state index contributed by atoms with van der Waals surface area (Å²) >= 11 is 4.06. The van der Waals surface area contributed by atoms with Crippen molar-refractivity contribution in [2.45, 2.75) is 11.9 Å². The summed E-state index contributed by atoms with van der Waals surface area (Å²) in [6.45, 7) is 1.20. The van der Waals surface area contributed by atoms with Crippen molar-refractivity contribution in [2.75, 3.05) is 13.4 Å². The lowest BCUT2D eigenvalue weighted by Gasteiger charge is -2.17. The van der Waals surface area contributed by atoms with Crippen LogP contribution in [0.3, 0.4) is 0 Å². The Labute approximate surface area is 48.2 Å². The third-order valence-electron chi connectivity index (χ3n) is 0.853. The third-order valence-corrected chi connectivity index (χ3v) is 1.26. The molecule has 1 heterocycles. The molecule has 3 heteroatoms. The molecule has 0 bridgehead atoms. The predicted molar refractivity (Wildman–Crippen MR) is 29.3 cm³/mol. The van der Waals surface area contributed by atoms with Crippen molar-refractivity contribution < 1.29 is 9.47 Å². The van der Waals surface area contributed by atoms with Gasteiger partial charge in [-0.2, -0.15) is 0 Å². The maximum atomic E-state index is 4.92. The number of ether oxygens (including phenoxy) is 2. The Morgan fingerprint density at radius 2 is 2.43 bits per heavy atom. The van der Waals surface area contributed by atoms with Crippen LogP contribution in [0.25, 0.3) is 0 Å². The van der Waals surface area contributed by atoms with Crippen LogP contribution in [0.4, 0.5) is 0 Å². The van der Waals surface area contributed by atoms with Crippen LogP contribution in [0.15, 0.2) is 0 Å². The van der Waals surface area contributed by atoms with Crippen LogP contribution in [0.2, 0.25) is 0 Å². The predicted octanol–water partition coefficient (Wildman–Crippen LogP) is 0.637. The average Bonchev–Trinajstić information content (AvgIpc) is 1.69. The molecule has 0 aliphatic carbocycles. The summed E-state index contributed by atoms with van der Waals surface area (Å²) in [5, 5.41) is 0. The third kappa shape index (κ3) is 1.67. The van der Waals surface area contributed by atoms with Gasteiger partial charge in [0.05, 0.1) is 6.61 Å². The van der Waals surface area contributed by atoms with Gasteiger partial charge >= 0.3 is 0 Å². The molecule has 2 nitrogen and oxygen atoms in total. The van der Waals surface area contributed by atoms with Gasteiger partial charge in [0.25, 0.3) is 0 Å². The summed E-state index contributed by atoms with van der Waals surface area (Å²) in [5.41, 5.74) is 0.105. The Morgan fingerprint density at radius 1 is 1.57 bits per heavy atom. The van der Waals surface area contributed by atoms with Crippen LogP contribution in [-0.4, -0.2) is 18.8 Å². The fourth-order valence-electron chi connectivity index (χ4n) is 0.453. The topological polar surface area (TPSA) is 18.5 Å². The molecule has 1 atom stereocenters. The van der Waals surface area contributed by atoms with Gasteiger partial charge in [0.1, 0.15) is 12.2 Å². The maximum absolute atomic E-state index is 4.92. The molecule has 1 aliphatic rings. The van der Waals surface area contributed by atoms with Gasteiger partial charge in [-0.1, -0.05) is 0 Å². The fraction of sp³-hybridized carbons (Fsp3) is 1.00. The molecule has 1 fully saturated rings. The molecule has 42 valence electrons. The Morgan fingerprint density at radius 3 is 2.71 bits per heavy atom. The molecule has 0 amide bonds. The van der Waals surface area contributed by atoms with E-state index in [0.717, 1.165) is 13.0 Å². The van der Waals surface area contributed by atoms with E-state index in [-0.39, 0.29) is 5.44 Å². The smallest absolute Gasteiger partial charge is 0.148 e. The molecule has 1 aliphatic heterocycles. The highest BCUT2D eigenvalue weighted by atomic mass is 32.1. The van der Waals surface area contributed by atoms with Crippen molar-refractivity contribution in [1.82, 2.24) is 0 Å². The van der Waals surface area contributed by atoms with E-state index in [1.165, 1.54) is 0 Å². The van der Waals surface area contributed by atoms with Crippen molar-refractivity contribution in [2.24, 2.45) is 0 Å². The number of hydrogen-bond donors (Lipinski definition) is 1. The first kappa shape index (κ1) is 5.41. The van der Waals surface area contributed by atoms with Gasteiger partial charge in [-0.25, -0.2) is 0 Å². The zero-order valence-corrected chi connectivity index (χ0v) is 4.86. The molecular formula is C4H8O2S. The minimum Gasteiger partial charge on any atom is -0.355 e. The average molecular weight is 120 g/mol. The van der Waals surface area contributed by atoms with Gasteiger partial charge in [0, 0.05) is 6.42 Å². The van der Waals surface area contributed by atoms with E-state index in [9.17, 15) is 0 Å². The Kier molecular flexibility index (Phi) is 1.97. The Bertz CT molecular complexity index is 51.7. The monoisotopic (exact) mass is 120 g/mol. The fourth-order valence-corrected chi connectivity index (χ4v) is 0.619. The lowest BCUT2D eigenvalue weighted by atomic mass is 10.5. The lowest BCUT2D eigenvalue weighted by molar-refractivity contribution is -0.108. The molecule has 1 saturated heterocycles. The molecule has 0 aromatic heterocycles. The highest BCUT2D eigenvalue weighted by Gasteiger charge is 2.06. The maximum Gasteiger partial charge on any atom is 0.148 e. The molecule has 1 rings (SSSR count). The molecule has 7 heavy (non-hydrogen) atoms. The lowest BCUT2D eigenvalue weighted by Crippen LogP contribution is -2.18. The first-order valence-electron chi connectivity index (χ1n) is 2.27. The van der Waals surface area contributed by atoms with E-state index in [1.54, 1.807) is 0 Å². The number of rotatable bonds is 0. The second kappa shape index (κ2) is 2.55. The minimum absolute atomic E-state index is 0.105. The van der Waals surface area contributed by atoms with E-state index in [4.69, 9.17) is 9.47 Å². The highest BCUT2D eigenvalue weighted by Crippen LogP contribution is 2.07. The zero-order valence-electron chi connectivity index (χ0n) is 3.96. The van der Waals surface area contributed by atoms with Crippen molar-refractivity contribution in [3.8, 4) is 0 Å². The largest absolute Gasteiger partial charge is 0.355 e. The highest BCUT2D eigenvalue weighted by molar-refractivity contribution is 7.80. The van der Waals surface area contributed by atoms with Gasteiger partial charge in [0.15, 0.2) is 0 Å². The van der Waals surface area contributed by atoms with Crippen LogP contribution in [0, 0.1) is 0 Å². The summed E-state index contributed by atoms with van der Waals surface area (Å²) in [6.07, 6.45) is 0.906. The van der Waals surface area contributed by atoms with E-state index in [2.05, 4.69) is 12.6 Å². The van der Waals surface area contributed by atoms with Crippen molar-refractivity contribution in [1.29, 1.82) is 0 Å². The molecule has 0 radical (unpaired) electrons. The van der Waals surface area contributed by atoms with Crippen LogP contribution < -0.4 is 0 Å².